The number of carbonyl (C=O) groups is 4. The fourth-order valence-electron chi connectivity index (χ4n) is 4.66. The van der Waals surface area contributed by atoms with Gasteiger partial charge in [0.25, 0.3) is 5.78 Å². The Hall–Kier alpha value is -4.84. The molecule has 40 heavy (non-hydrogen) atoms. The maximum absolute atomic E-state index is 13.6. The van der Waals surface area contributed by atoms with Crippen LogP contribution in [-0.4, -0.2) is 56.8 Å². The number of pyridine rings is 1. The van der Waals surface area contributed by atoms with Crippen LogP contribution in [0, 0.1) is 13.8 Å². The van der Waals surface area contributed by atoms with Gasteiger partial charge in [0.15, 0.2) is 10.9 Å². The van der Waals surface area contributed by atoms with Crippen molar-refractivity contribution >= 4 is 51.5 Å². The molecule has 0 radical (unpaired) electrons. The van der Waals surface area contributed by atoms with Crippen molar-refractivity contribution in [3.05, 3.63) is 87.3 Å². The van der Waals surface area contributed by atoms with E-state index in [0.717, 1.165) is 16.2 Å². The number of amides is 1. The molecule has 1 N–H and O–H groups in total. The fourth-order valence-corrected chi connectivity index (χ4v) is 5.65. The van der Waals surface area contributed by atoms with Crippen LogP contribution < -0.4 is 4.90 Å². The molecule has 1 fully saturated rings. The van der Waals surface area contributed by atoms with Crippen molar-refractivity contribution in [3.63, 3.8) is 0 Å². The number of hydrogen-bond donors (Lipinski definition) is 1. The number of hydrogen-bond acceptors (Lipinski definition) is 10. The van der Waals surface area contributed by atoms with Gasteiger partial charge in [-0.3, -0.25) is 18.9 Å². The normalized spacial score (nSPS) is 16.5. The Morgan fingerprint density at radius 3 is 2.42 bits per heavy atom. The minimum Gasteiger partial charge on any atom is -0.505 e. The summed E-state index contributed by atoms with van der Waals surface area (Å²) in [5.74, 6) is -3.44. The Bertz CT molecular complexity index is 1720. The number of esters is 2. The molecule has 5 rings (SSSR count). The molecule has 11 nitrogen and oxygen atoms in total. The Kier molecular flexibility index (Phi) is 6.94. The van der Waals surface area contributed by atoms with Gasteiger partial charge in [0.2, 0.25) is 0 Å². The quantitative estimate of drug-likeness (QED) is 0.160. The van der Waals surface area contributed by atoms with Crippen LogP contribution in [0.1, 0.15) is 55.6 Å². The Morgan fingerprint density at radius 1 is 1.02 bits per heavy atom. The zero-order valence-electron chi connectivity index (χ0n) is 22.0. The van der Waals surface area contributed by atoms with Gasteiger partial charge >= 0.3 is 17.8 Å². The molecule has 1 unspecified atom stereocenters. The number of Topliss-reactive ketones (excluding diaryl/α,β-unsaturated/α-hetero) is 1. The van der Waals surface area contributed by atoms with Gasteiger partial charge in [0.1, 0.15) is 16.2 Å². The lowest BCUT2D eigenvalue weighted by Crippen LogP contribution is -2.29. The van der Waals surface area contributed by atoms with Crippen molar-refractivity contribution < 1.29 is 33.8 Å². The zero-order valence-corrected chi connectivity index (χ0v) is 22.8. The number of aliphatic hydroxyl groups is 1. The first kappa shape index (κ1) is 26.8. The van der Waals surface area contributed by atoms with Gasteiger partial charge in [0, 0.05) is 6.20 Å². The third-order valence-electron chi connectivity index (χ3n) is 6.47. The molecule has 1 atom stereocenters. The van der Waals surface area contributed by atoms with Crippen LogP contribution in [0.2, 0.25) is 0 Å². The first-order valence-corrected chi connectivity index (χ1v) is 13.1. The highest BCUT2D eigenvalue weighted by atomic mass is 32.1. The van der Waals surface area contributed by atoms with Crippen LogP contribution in [0.5, 0.6) is 0 Å². The summed E-state index contributed by atoms with van der Waals surface area (Å²) in [6.07, 6.45) is 1.69. The van der Waals surface area contributed by atoms with Crippen molar-refractivity contribution in [1.29, 1.82) is 0 Å². The molecular weight excluding hydrogens is 536 g/mol. The minimum atomic E-state index is -1.12. The van der Waals surface area contributed by atoms with Crippen molar-refractivity contribution in [1.82, 2.24) is 14.4 Å². The SMILES string of the molecule is CCOC(=O)c1sc(N2C(=O)C(=O)/C(=C(/O)c3c(C)nc4ccccn34)C2c2ccc(C(=O)OC)cc2)nc1C. The van der Waals surface area contributed by atoms with Crippen LogP contribution in [0.25, 0.3) is 11.4 Å². The molecule has 0 spiro atoms. The molecule has 4 heterocycles. The molecule has 1 aromatic carbocycles. The molecule has 1 amide bonds. The monoisotopic (exact) mass is 560 g/mol. The van der Waals surface area contributed by atoms with Crippen LogP contribution in [0.3, 0.4) is 0 Å². The summed E-state index contributed by atoms with van der Waals surface area (Å²) in [6, 6.07) is 10.3. The molecule has 1 saturated heterocycles. The van der Waals surface area contributed by atoms with E-state index in [9.17, 15) is 24.3 Å². The number of methoxy groups -OCH3 is 1. The fraction of sp³-hybridized carbons (Fsp3) is 0.214. The number of anilines is 1. The maximum Gasteiger partial charge on any atom is 0.350 e. The number of rotatable bonds is 6. The number of fused-ring (bicyclic) bond motifs is 1. The maximum atomic E-state index is 13.6. The average Bonchev–Trinajstić information content (AvgIpc) is 3.58. The molecule has 4 aromatic rings. The molecule has 3 aromatic heterocycles. The second-order valence-electron chi connectivity index (χ2n) is 8.89. The number of ketones is 1. The lowest BCUT2D eigenvalue weighted by Gasteiger charge is -2.23. The Morgan fingerprint density at radius 2 is 1.75 bits per heavy atom. The summed E-state index contributed by atoms with van der Waals surface area (Å²) >= 11 is 0.909. The molecular formula is C28H24N4O7S. The summed E-state index contributed by atoms with van der Waals surface area (Å²) in [6.45, 7) is 5.12. The summed E-state index contributed by atoms with van der Waals surface area (Å²) in [5.41, 5.74) is 2.08. The minimum absolute atomic E-state index is 0.0820. The first-order chi connectivity index (χ1) is 19.2. The van der Waals surface area contributed by atoms with Crippen molar-refractivity contribution in [2.24, 2.45) is 0 Å². The lowest BCUT2D eigenvalue weighted by atomic mass is 9.95. The van der Waals surface area contributed by atoms with Crippen LogP contribution >= 0.6 is 11.3 Å². The number of aromatic nitrogens is 3. The number of aliphatic hydroxyl groups excluding tert-OH is 1. The molecule has 12 heteroatoms. The molecule has 0 bridgehead atoms. The Labute approximate surface area is 232 Å². The molecule has 1 aliphatic heterocycles. The van der Waals surface area contributed by atoms with E-state index in [1.807, 2.05) is 0 Å². The second kappa shape index (κ2) is 10.4. The van der Waals surface area contributed by atoms with E-state index in [2.05, 4.69) is 9.97 Å². The Balaban J connectivity index is 1.73. The number of nitrogens with zero attached hydrogens (tertiary/aromatic N) is 4. The number of carbonyl (C=O) groups excluding carboxylic acids is 4. The van der Waals surface area contributed by atoms with Crippen LogP contribution in [0.15, 0.2) is 54.2 Å². The smallest absolute Gasteiger partial charge is 0.350 e. The van der Waals surface area contributed by atoms with E-state index in [0.29, 0.717) is 22.6 Å². The van der Waals surface area contributed by atoms with Crippen molar-refractivity contribution in [2.45, 2.75) is 26.8 Å². The number of ether oxygens (including phenoxy) is 2. The van der Waals surface area contributed by atoms with Gasteiger partial charge in [-0.2, -0.15) is 0 Å². The molecule has 0 saturated carbocycles. The van der Waals surface area contributed by atoms with E-state index >= 15 is 0 Å². The highest BCUT2D eigenvalue weighted by Gasteiger charge is 2.49. The number of imidazole rings is 1. The van der Waals surface area contributed by atoms with E-state index in [1.54, 1.807) is 61.7 Å². The zero-order chi connectivity index (χ0) is 28.7. The summed E-state index contributed by atoms with van der Waals surface area (Å²) in [7, 11) is 1.26. The van der Waals surface area contributed by atoms with Gasteiger partial charge in [-0.15, -0.1) is 0 Å². The molecule has 1 aliphatic rings. The van der Waals surface area contributed by atoms with Gasteiger partial charge in [-0.25, -0.2) is 19.6 Å². The van der Waals surface area contributed by atoms with Crippen LogP contribution in [0.4, 0.5) is 5.13 Å². The van der Waals surface area contributed by atoms with E-state index in [1.165, 1.54) is 19.2 Å². The third-order valence-corrected chi connectivity index (χ3v) is 7.61. The van der Waals surface area contributed by atoms with Crippen molar-refractivity contribution in [2.75, 3.05) is 18.6 Å². The van der Waals surface area contributed by atoms with Crippen LogP contribution in [-0.2, 0) is 19.1 Å². The predicted molar refractivity (Wildman–Crippen MR) is 145 cm³/mol. The topological polar surface area (TPSA) is 140 Å². The van der Waals surface area contributed by atoms with Crippen molar-refractivity contribution in [3.8, 4) is 0 Å². The molecule has 0 aliphatic carbocycles. The number of benzene rings is 1. The second-order valence-corrected chi connectivity index (χ2v) is 9.87. The highest BCUT2D eigenvalue weighted by molar-refractivity contribution is 7.17. The van der Waals surface area contributed by atoms with E-state index in [-0.39, 0.29) is 33.4 Å². The summed E-state index contributed by atoms with van der Waals surface area (Å²) in [4.78, 5) is 61.9. The van der Waals surface area contributed by atoms with Gasteiger partial charge in [0.05, 0.1) is 42.3 Å². The molecule has 204 valence electrons. The van der Waals surface area contributed by atoms with Gasteiger partial charge in [-0.05, 0) is 50.6 Å². The summed E-state index contributed by atoms with van der Waals surface area (Å²) < 4.78 is 11.5. The standard InChI is InChI=1S/C28H24N4O7S/c1-5-39-27(37)24-15(3)30-28(40-24)32-21(16-9-11-17(12-10-16)26(36)38-4)19(23(34)25(32)35)22(33)20-14(2)29-18-8-6-7-13-31(18)20/h6-13,21,33H,5H2,1-4H3/b22-19+. The largest absolute Gasteiger partial charge is 0.505 e. The lowest BCUT2D eigenvalue weighted by molar-refractivity contribution is -0.132. The number of thiazole rings is 1. The van der Waals surface area contributed by atoms with E-state index in [4.69, 9.17) is 9.47 Å². The third kappa shape index (κ3) is 4.31. The van der Waals surface area contributed by atoms with E-state index < -0.39 is 35.4 Å². The number of aryl methyl sites for hydroxylation is 2. The van der Waals surface area contributed by atoms with Gasteiger partial charge in [-0.1, -0.05) is 29.5 Å². The highest BCUT2D eigenvalue weighted by Crippen LogP contribution is 2.44. The first-order valence-electron chi connectivity index (χ1n) is 12.3. The van der Waals surface area contributed by atoms with Gasteiger partial charge < -0.3 is 14.6 Å². The summed E-state index contributed by atoms with van der Waals surface area (Å²) in [5, 5.41) is 11.7. The average molecular weight is 561 g/mol. The predicted octanol–water partition coefficient (Wildman–Crippen LogP) is 4.00.